The number of rotatable bonds is 14. The van der Waals surface area contributed by atoms with Crippen molar-refractivity contribution in [1.82, 2.24) is 9.13 Å². The standard InChI is InChI=1S/C77H88F2N2O4/c1-46-34-52(78)42-60(58-36-50(76(15,16)44-72(3,4)5)40-66(68(58)82)80-62-26-21-19-24-54(62)55-25-20-22-27-63(55)80)70(46)84-32-23-33-85-71-47(2)35-53(79)43-61(71)59-37-51(77(17,18)45-73(6,7)8)41-67(69(59)83)81-64-38-48(74(9,10)11)28-30-56(64)57-31-29-49(39-65(57)81)75(12,13)14/h19-22,24-31,34-43,82-83H,23,32-33,44-45H2,1-18H3. The van der Waals surface area contributed by atoms with Crippen LogP contribution in [-0.2, 0) is 21.7 Å². The largest absolute Gasteiger partial charge is 0.505 e. The van der Waals surface area contributed by atoms with Gasteiger partial charge >= 0.3 is 0 Å². The van der Waals surface area contributed by atoms with Crippen LogP contribution in [0.15, 0.2) is 133 Å². The van der Waals surface area contributed by atoms with Gasteiger partial charge in [0.15, 0.2) is 0 Å². The number of halogens is 2. The van der Waals surface area contributed by atoms with Gasteiger partial charge in [0.1, 0.15) is 34.6 Å². The summed E-state index contributed by atoms with van der Waals surface area (Å²) in [6, 6.07) is 44.0. The van der Waals surface area contributed by atoms with Crippen LogP contribution in [0, 0.1) is 36.3 Å². The molecule has 2 aromatic heterocycles. The van der Waals surface area contributed by atoms with Gasteiger partial charge in [0.05, 0.1) is 46.7 Å². The molecule has 0 spiro atoms. The summed E-state index contributed by atoms with van der Waals surface area (Å²) in [5.41, 5.74) is 11.3. The first-order valence-electron chi connectivity index (χ1n) is 30.3. The van der Waals surface area contributed by atoms with Crippen LogP contribution in [0.4, 0.5) is 8.78 Å². The minimum atomic E-state index is -0.445. The predicted octanol–water partition coefficient (Wildman–Crippen LogP) is 21.4. The molecule has 0 atom stereocenters. The Morgan fingerprint density at radius 2 is 0.741 bits per heavy atom. The lowest BCUT2D eigenvalue weighted by Gasteiger charge is -2.34. The lowest BCUT2D eigenvalue weighted by Crippen LogP contribution is -2.25. The molecule has 10 aromatic rings. The van der Waals surface area contributed by atoms with Crippen molar-refractivity contribution in [3.63, 3.8) is 0 Å². The van der Waals surface area contributed by atoms with E-state index >= 15 is 8.78 Å². The van der Waals surface area contributed by atoms with E-state index in [1.807, 2.05) is 50.2 Å². The topological polar surface area (TPSA) is 68.8 Å². The molecular weight excluding hydrogens is 1050 g/mol. The third-order valence-electron chi connectivity index (χ3n) is 17.1. The quantitative estimate of drug-likeness (QED) is 0.106. The van der Waals surface area contributed by atoms with E-state index in [0.717, 1.165) is 67.6 Å². The summed E-state index contributed by atoms with van der Waals surface area (Å²) >= 11 is 0. The molecule has 85 heavy (non-hydrogen) atoms. The second-order valence-electron chi connectivity index (χ2n) is 29.9. The van der Waals surface area contributed by atoms with E-state index in [0.29, 0.717) is 62.7 Å². The van der Waals surface area contributed by atoms with Gasteiger partial charge in [-0.2, -0.15) is 0 Å². The number of phenols is 2. The van der Waals surface area contributed by atoms with Crippen LogP contribution < -0.4 is 9.47 Å². The Hall–Kier alpha value is -7.58. The van der Waals surface area contributed by atoms with E-state index in [1.54, 1.807) is 0 Å². The number of hydrogen-bond acceptors (Lipinski definition) is 4. The highest BCUT2D eigenvalue weighted by Crippen LogP contribution is 2.51. The molecule has 0 saturated heterocycles. The fourth-order valence-corrected chi connectivity index (χ4v) is 13.7. The van der Waals surface area contributed by atoms with Crippen molar-refractivity contribution in [3.05, 3.63) is 178 Å². The molecule has 0 aliphatic rings. The second-order valence-corrected chi connectivity index (χ2v) is 29.9. The van der Waals surface area contributed by atoms with Crippen molar-refractivity contribution in [2.45, 2.75) is 166 Å². The van der Waals surface area contributed by atoms with Gasteiger partial charge in [-0.25, -0.2) is 8.78 Å². The van der Waals surface area contributed by atoms with Gasteiger partial charge in [-0.1, -0.05) is 171 Å². The molecule has 0 fully saturated rings. The Bertz CT molecular complexity index is 4090. The molecule has 0 unspecified atom stereocenters. The normalized spacial score (nSPS) is 13.0. The zero-order valence-corrected chi connectivity index (χ0v) is 53.6. The second kappa shape index (κ2) is 21.7. The Labute approximate surface area is 503 Å². The van der Waals surface area contributed by atoms with E-state index in [9.17, 15) is 10.2 Å². The Kier molecular flexibility index (Phi) is 15.5. The molecule has 0 amide bonds. The van der Waals surface area contributed by atoms with Crippen molar-refractivity contribution in [2.75, 3.05) is 13.2 Å². The highest BCUT2D eigenvalue weighted by Gasteiger charge is 2.34. The van der Waals surface area contributed by atoms with E-state index in [2.05, 4.69) is 193 Å². The molecule has 2 heterocycles. The summed E-state index contributed by atoms with van der Waals surface area (Å²) < 4.78 is 50.0. The average Bonchev–Trinajstić information content (AvgIpc) is 1.68. The minimum absolute atomic E-state index is 0.0130. The van der Waals surface area contributed by atoms with Gasteiger partial charge in [0.2, 0.25) is 0 Å². The van der Waals surface area contributed by atoms with E-state index in [1.165, 1.54) is 35.4 Å². The number of aryl methyl sites for hydroxylation is 2. The molecule has 444 valence electrons. The molecule has 0 radical (unpaired) electrons. The first-order chi connectivity index (χ1) is 39.6. The number of aromatic hydroxyl groups is 2. The SMILES string of the molecule is Cc1cc(F)cc(-c2cc(C(C)(C)CC(C)(C)C)cc(-n3c4ccccc4c4ccccc43)c2O)c1OCCCOc1c(C)cc(F)cc1-c1cc(C(C)(C)CC(C)(C)C)cc(-n2c3cc(C(C)(C)C)ccc3c3ccc(C(C)(C)C)cc32)c1O. The highest BCUT2D eigenvalue weighted by atomic mass is 19.1. The molecule has 6 nitrogen and oxygen atoms in total. The molecule has 0 bridgehead atoms. The fourth-order valence-electron chi connectivity index (χ4n) is 13.7. The minimum Gasteiger partial charge on any atom is -0.505 e. The lowest BCUT2D eigenvalue weighted by atomic mass is 9.71. The van der Waals surface area contributed by atoms with Crippen LogP contribution in [-0.4, -0.2) is 32.6 Å². The van der Waals surface area contributed by atoms with Crippen LogP contribution in [0.5, 0.6) is 23.0 Å². The van der Waals surface area contributed by atoms with Crippen LogP contribution in [0.2, 0.25) is 0 Å². The van der Waals surface area contributed by atoms with E-state index < -0.39 is 11.6 Å². The van der Waals surface area contributed by atoms with Crippen molar-refractivity contribution in [2.24, 2.45) is 10.8 Å². The number of phenolic OH excluding ortho intramolecular Hbond substituents is 2. The maximum Gasteiger partial charge on any atom is 0.147 e. The average molecular weight is 1140 g/mol. The van der Waals surface area contributed by atoms with Crippen molar-refractivity contribution < 1.29 is 28.5 Å². The number of nitrogens with zero attached hydrogens (tertiary/aromatic N) is 2. The maximum absolute atomic E-state index is 16.2. The number of benzene rings is 8. The molecule has 8 heteroatoms. The van der Waals surface area contributed by atoms with Gasteiger partial charge in [-0.05, 0) is 165 Å². The summed E-state index contributed by atoms with van der Waals surface area (Å²) in [5.74, 6) is 0.0508. The maximum atomic E-state index is 16.2. The zero-order valence-electron chi connectivity index (χ0n) is 53.6. The van der Waals surface area contributed by atoms with Crippen molar-refractivity contribution >= 4 is 43.6 Å². The first kappa shape index (κ1) is 60.5. The number of aromatic nitrogens is 2. The number of ether oxygens (including phenoxy) is 2. The first-order valence-corrected chi connectivity index (χ1v) is 30.3. The van der Waals surface area contributed by atoms with Crippen LogP contribution in [0.3, 0.4) is 0 Å². The van der Waals surface area contributed by atoms with E-state index in [4.69, 9.17) is 9.47 Å². The van der Waals surface area contributed by atoms with Crippen LogP contribution in [0.25, 0.3) is 77.2 Å². The predicted molar refractivity (Wildman–Crippen MR) is 352 cm³/mol. The molecular formula is C77H88F2N2O4. The summed E-state index contributed by atoms with van der Waals surface area (Å²) in [6.45, 7) is 39.7. The van der Waals surface area contributed by atoms with Gasteiger partial charge in [0.25, 0.3) is 0 Å². The molecule has 10 rings (SSSR count). The molecule has 0 saturated carbocycles. The molecule has 0 aliphatic heterocycles. The Morgan fingerprint density at radius 1 is 0.388 bits per heavy atom. The van der Waals surface area contributed by atoms with Gasteiger partial charge < -0.3 is 28.8 Å². The van der Waals surface area contributed by atoms with E-state index in [-0.39, 0.29) is 57.2 Å². The third-order valence-corrected chi connectivity index (χ3v) is 17.1. The highest BCUT2D eigenvalue weighted by molar-refractivity contribution is 6.11. The third kappa shape index (κ3) is 11.9. The molecule has 2 N–H and O–H groups in total. The summed E-state index contributed by atoms with van der Waals surface area (Å²) in [4.78, 5) is 0. The lowest BCUT2D eigenvalue weighted by molar-refractivity contribution is 0.246. The zero-order chi connectivity index (χ0) is 61.7. The Morgan fingerprint density at radius 3 is 1.11 bits per heavy atom. The summed E-state index contributed by atoms with van der Waals surface area (Å²) in [7, 11) is 0. The monoisotopic (exact) mass is 1140 g/mol. The summed E-state index contributed by atoms with van der Waals surface area (Å²) in [6.07, 6.45) is 2.08. The number of para-hydroxylation sites is 2. The van der Waals surface area contributed by atoms with Gasteiger partial charge in [0, 0.05) is 50.2 Å². The molecule has 0 aliphatic carbocycles. The fraction of sp³-hybridized carbons (Fsp3) is 0.377. The number of fused-ring (bicyclic) bond motifs is 6. The van der Waals surface area contributed by atoms with Crippen LogP contribution >= 0.6 is 0 Å². The Balaban J connectivity index is 1.05. The number of hydrogen-bond donors (Lipinski definition) is 2. The van der Waals surface area contributed by atoms with Crippen molar-refractivity contribution in [3.8, 4) is 56.6 Å². The van der Waals surface area contributed by atoms with Gasteiger partial charge in [-0.15, -0.1) is 0 Å². The van der Waals surface area contributed by atoms with Crippen LogP contribution in [0.1, 0.15) is 163 Å². The van der Waals surface area contributed by atoms with Gasteiger partial charge in [-0.3, -0.25) is 0 Å². The van der Waals surface area contributed by atoms with Crippen molar-refractivity contribution in [1.29, 1.82) is 0 Å². The smallest absolute Gasteiger partial charge is 0.147 e. The molecule has 8 aromatic carbocycles. The summed E-state index contributed by atoms with van der Waals surface area (Å²) in [5, 5.41) is 30.2.